The second kappa shape index (κ2) is 9.11. The molecule has 1 rings (SSSR count). The normalized spacial score (nSPS) is 11.5. The molecule has 1 unspecified atom stereocenters. The summed E-state index contributed by atoms with van der Waals surface area (Å²) in [5.41, 5.74) is 1.30. The summed E-state index contributed by atoms with van der Waals surface area (Å²) in [6.07, 6.45) is -0.693. The van der Waals surface area contributed by atoms with Crippen LogP contribution in [0.3, 0.4) is 0 Å². The van der Waals surface area contributed by atoms with Crippen LogP contribution in [-0.4, -0.2) is 23.3 Å². The molecule has 1 N–H and O–H groups in total. The minimum atomic E-state index is -0.956. The summed E-state index contributed by atoms with van der Waals surface area (Å²) in [5.74, 6) is -0.530. The van der Waals surface area contributed by atoms with Gasteiger partial charge in [0.25, 0.3) is 0 Å². The predicted octanol–water partition coefficient (Wildman–Crippen LogP) is 3.47. The van der Waals surface area contributed by atoms with Gasteiger partial charge in [-0.25, -0.2) is 4.79 Å². The number of carbonyl (C=O) groups is 1. The van der Waals surface area contributed by atoms with Crippen molar-refractivity contribution in [2.75, 3.05) is 0 Å². The second-order valence-corrected chi connectivity index (χ2v) is 5.12. The first-order valence-corrected chi connectivity index (χ1v) is 6.76. The Morgan fingerprint density at radius 1 is 1.33 bits per heavy atom. The van der Waals surface area contributed by atoms with Gasteiger partial charge >= 0.3 is 5.97 Å². The van der Waals surface area contributed by atoms with Gasteiger partial charge < -0.3 is 9.84 Å². The molecule has 0 bridgehead atoms. The van der Waals surface area contributed by atoms with Crippen LogP contribution in [0.1, 0.15) is 32.8 Å². The smallest absolute Gasteiger partial charge is 0.335 e. The number of benzene rings is 1. The third-order valence-corrected chi connectivity index (χ3v) is 2.55. The molecular weight excluding hydrogens is 296 g/mol. The minimum absolute atomic E-state index is 0.145. The molecule has 0 spiro atoms. The van der Waals surface area contributed by atoms with Gasteiger partial charge in [-0.1, -0.05) is 40.5 Å². The molecule has 0 aliphatic carbocycles. The highest BCUT2D eigenvalue weighted by atomic mass is 79.9. The first-order chi connectivity index (χ1) is 8.36. The molecule has 0 fully saturated rings. The van der Waals surface area contributed by atoms with E-state index in [4.69, 9.17) is 9.84 Å². The average Bonchev–Trinajstić information content (AvgIpc) is 2.32. The van der Waals surface area contributed by atoms with Gasteiger partial charge in [-0.2, -0.15) is 0 Å². The maximum absolute atomic E-state index is 10.7. The lowest BCUT2D eigenvalue weighted by atomic mass is 10.2. The van der Waals surface area contributed by atoms with E-state index < -0.39 is 12.1 Å². The first-order valence-electron chi connectivity index (χ1n) is 5.97. The van der Waals surface area contributed by atoms with Crippen molar-refractivity contribution in [2.45, 2.75) is 46.3 Å². The maximum Gasteiger partial charge on any atom is 0.335 e. The van der Waals surface area contributed by atoms with E-state index in [1.54, 1.807) is 20.8 Å². The zero-order valence-corrected chi connectivity index (χ0v) is 12.9. The molecule has 0 aromatic heterocycles. The number of aryl methyl sites for hydroxylation is 1. The molecule has 3 nitrogen and oxygen atoms in total. The second-order valence-electron chi connectivity index (χ2n) is 4.21. The van der Waals surface area contributed by atoms with Crippen LogP contribution in [0.25, 0.3) is 0 Å². The van der Waals surface area contributed by atoms with Gasteiger partial charge in [-0.3, -0.25) is 0 Å². The van der Waals surface area contributed by atoms with Crippen LogP contribution < -0.4 is 0 Å². The highest BCUT2D eigenvalue weighted by Gasteiger charge is 2.14. The molecule has 0 aliphatic rings. The summed E-state index contributed by atoms with van der Waals surface area (Å²) in [7, 11) is 0. The Bertz CT molecular complexity index is 326. The van der Waals surface area contributed by atoms with E-state index in [-0.39, 0.29) is 6.10 Å². The zero-order valence-electron chi connectivity index (χ0n) is 11.3. The molecule has 0 radical (unpaired) electrons. The molecule has 0 heterocycles. The van der Waals surface area contributed by atoms with Crippen molar-refractivity contribution >= 4 is 21.9 Å². The van der Waals surface area contributed by atoms with Crippen LogP contribution in [0.15, 0.2) is 28.7 Å². The third-order valence-electron chi connectivity index (χ3n) is 2.02. The Morgan fingerprint density at radius 3 is 2.17 bits per heavy atom. The van der Waals surface area contributed by atoms with Gasteiger partial charge in [-0.05, 0) is 39.3 Å². The fourth-order valence-electron chi connectivity index (χ4n) is 1.01. The van der Waals surface area contributed by atoms with Crippen LogP contribution in [0.4, 0.5) is 0 Å². The number of rotatable bonds is 3. The van der Waals surface area contributed by atoms with Crippen LogP contribution in [0, 0.1) is 6.92 Å². The molecule has 1 atom stereocenters. The molecule has 0 aliphatic heterocycles. The Balaban J connectivity index is 0.000000327. The Hall–Kier alpha value is -0.870. The van der Waals surface area contributed by atoms with E-state index >= 15 is 0 Å². The quantitative estimate of drug-likeness (QED) is 0.868. The number of hydrogen-bond acceptors (Lipinski definition) is 3. The SMILES string of the molecule is CCC(O)C(=O)OC(C)C.Cc1ccc(Br)cc1. The van der Waals surface area contributed by atoms with Gasteiger partial charge in [0.1, 0.15) is 0 Å². The summed E-state index contributed by atoms with van der Waals surface area (Å²) in [6, 6.07) is 8.22. The molecule has 1 aromatic rings. The maximum atomic E-state index is 10.7. The zero-order chi connectivity index (χ0) is 14.1. The lowest BCUT2D eigenvalue weighted by Crippen LogP contribution is -2.24. The molecular formula is C14H21BrO3. The number of esters is 1. The van der Waals surface area contributed by atoms with Crippen molar-refractivity contribution in [3.8, 4) is 0 Å². The standard InChI is InChI=1S/C7H7Br.C7H14O3/c1-6-2-4-7(8)5-3-6;1-4-6(8)7(9)10-5(2)3/h2-5H,1H3;5-6,8H,4H2,1-3H3. The van der Waals surface area contributed by atoms with E-state index in [1.165, 1.54) is 5.56 Å². The molecule has 0 amide bonds. The topological polar surface area (TPSA) is 46.5 Å². The van der Waals surface area contributed by atoms with Crippen LogP contribution in [-0.2, 0) is 9.53 Å². The molecule has 1 aromatic carbocycles. The Morgan fingerprint density at radius 2 is 1.83 bits per heavy atom. The van der Waals surface area contributed by atoms with E-state index in [0.717, 1.165) is 4.47 Å². The van der Waals surface area contributed by atoms with Crippen molar-refractivity contribution in [1.29, 1.82) is 0 Å². The fourth-order valence-corrected chi connectivity index (χ4v) is 1.28. The Labute approximate surface area is 117 Å². The number of ether oxygens (including phenoxy) is 1. The number of halogens is 1. The summed E-state index contributed by atoms with van der Waals surface area (Å²) in [6.45, 7) is 7.30. The Kier molecular flexibility index (Phi) is 8.67. The number of carbonyl (C=O) groups excluding carboxylic acids is 1. The van der Waals surface area contributed by atoms with Crippen molar-refractivity contribution < 1.29 is 14.6 Å². The lowest BCUT2D eigenvalue weighted by molar-refractivity contribution is -0.157. The first kappa shape index (κ1) is 17.1. The number of aliphatic hydroxyl groups excluding tert-OH is 1. The van der Waals surface area contributed by atoms with Gasteiger partial charge in [0.05, 0.1) is 6.10 Å². The number of hydrogen-bond donors (Lipinski definition) is 1. The summed E-state index contributed by atoms with van der Waals surface area (Å²) < 4.78 is 5.86. The average molecular weight is 317 g/mol. The molecule has 18 heavy (non-hydrogen) atoms. The van der Waals surface area contributed by atoms with Crippen molar-refractivity contribution in [3.63, 3.8) is 0 Å². The molecule has 0 saturated carbocycles. The molecule has 0 saturated heterocycles. The van der Waals surface area contributed by atoms with E-state index in [2.05, 4.69) is 35.0 Å². The van der Waals surface area contributed by atoms with Crippen molar-refractivity contribution in [3.05, 3.63) is 34.3 Å². The van der Waals surface area contributed by atoms with E-state index in [1.807, 2.05) is 12.1 Å². The largest absolute Gasteiger partial charge is 0.461 e. The summed E-state index contributed by atoms with van der Waals surface area (Å²) in [5, 5.41) is 8.90. The summed E-state index contributed by atoms with van der Waals surface area (Å²) >= 11 is 3.35. The third kappa shape index (κ3) is 8.25. The van der Waals surface area contributed by atoms with Crippen LogP contribution in [0.2, 0.25) is 0 Å². The minimum Gasteiger partial charge on any atom is -0.461 e. The van der Waals surface area contributed by atoms with Gasteiger partial charge in [-0.15, -0.1) is 0 Å². The van der Waals surface area contributed by atoms with Crippen molar-refractivity contribution in [1.82, 2.24) is 0 Å². The monoisotopic (exact) mass is 316 g/mol. The summed E-state index contributed by atoms with van der Waals surface area (Å²) in [4.78, 5) is 10.7. The fraction of sp³-hybridized carbons (Fsp3) is 0.500. The van der Waals surface area contributed by atoms with E-state index in [9.17, 15) is 4.79 Å². The predicted molar refractivity (Wildman–Crippen MR) is 76.4 cm³/mol. The van der Waals surface area contributed by atoms with Crippen LogP contribution in [0.5, 0.6) is 0 Å². The molecule has 102 valence electrons. The molecule has 4 heteroatoms. The highest BCUT2D eigenvalue weighted by Crippen LogP contribution is 2.08. The van der Waals surface area contributed by atoms with Crippen molar-refractivity contribution in [2.24, 2.45) is 0 Å². The van der Waals surface area contributed by atoms with Crippen LogP contribution >= 0.6 is 15.9 Å². The van der Waals surface area contributed by atoms with Gasteiger partial charge in [0, 0.05) is 4.47 Å². The highest BCUT2D eigenvalue weighted by molar-refractivity contribution is 9.10. The number of aliphatic hydroxyl groups is 1. The lowest BCUT2D eigenvalue weighted by Gasteiger charge is -2.10. The van der Waals surface area contributed by atoms with E-state index in [0.29, 0.717) is 6.42 Å². The van der Waals surface area contributed by atoms with Gasteiger partial charge in [0.2, 0.25) is 0 Å². The van der Waals surface area contributed by atoms with Gasteiger partial charge in [0.15, 0.2) is 6.10 Å².